The number of hydrogen-bond donors (Lipinski definition) is 0. The summed E-state index contributed by atoms with van der Waals surface area (Å²) in [6.07, 6.45) is 0. The monoisotopic (exact) mass is 414 g/mol. The predicted octanol–water partition coefficient (Wildman–Crippen LogP) is 5.48. The molecule has 150 valence electrons. The quantitative estimate of drug-likeness (QED) is 0.444. The van der Waals surface area contributed by atoms with Crippen LogP contribution in [-0.4, -0.2) is 17.6 Å². The van der Waals surface area contributed by atoms with Crippen LogP contribution >= 0.6 is 11.3 Å². The molecule has 0 aliphatic rings. The van der Waals surface area contributed by atoms with Gasteiger partial charge < -0.3 is 9.30 Å². The molecule has 0 atom stereocenters. The van der Waals surface area contributed by atoms with Crippen molar-refractivity contribution >= 4 is 17.2 Å². The Hall–Kier alpha value is -3.44. The van der Waals surface area contributed by atoms with Crippen LogP contribution < -0.4 is 9.54 Å². The van der Waals surface area contributed by atoms with Crippen LogP contribution in [0.5, 0.6) is 5.75 Å². The molecule has 0 N–H and O–H groups in total. The summed E-state index contributed by atoms with van der Waals surface area (Å²) in [4.78, 5) is 19.1. The number of ether oxygens (including phenoxy) is 1. The summed E-state index contributed by atoms with van der Waals surface area (Å²) in [5.74, 6) is 0.201. The molecule has 4 nitrogen and oxygen atoms in total. The summed E-state index contributed by atoms with van der Waals surface area (Å²) in [7, 11) is 3.51. The summed E-state index contributed by atoms with van der Waals surface area (Å²) in [5, 5.41) is 0. The van der Waals surface area contributed by atoms with E-state index < -0.39 is 0 Å². The van der Waals surface area contributed by atoms with Crippen LogP contribution in [0.2, 0.25) is 0 Å². The van der Waals surface area contributed by atoms with E-state index in [2.05, 4.69) is 48.3 Å². The van der Waals surface area contributed by atoms with Gasteiger partial charge in [0.25, 0.3) is 5.91 Å². The SMILES string of the molecule is COc1ccccc1C(=O)N=c1sc(-c2ccccc2)c(-c2ccc(C)cc2)n1C. The minimum Gasteiger partial charge on any atom is -0.496 e. The van der Waals surface area contributed by atoms with Crippen molar-refractivity contribution in [3.05, 3.63) is 94.8 Å². The number of benzene rings is 3. The summed E-state index contributed by atoms with van der Waals surface area (Å²) in [5.41, 5.74) is 4.88. The molecule has 0 radical (unpaired) electrons. The minimum atomic E-state index is -0.320. The van der Waals surface area contributed by atoms with Gasteiger partial charge in [0.05, 0.1) is 23.2 Å². The Morgan fingerprint density at radius 3 is 2.27 bits per heavy atom. The van der Waals surface area contributed by atoms with Crippen LogP contribution in [0.4, 0.5) is 0 Å². The Morgan fingerprint density at radius 1 is 0.900 bits per heavy atom. The zero-order valence-corrected chi connectivity index (χ0v) is 17.9. The molecular formula is C25H22N2O2S. The molecule has 1 amide bonds. The highest BCUT2D eigenvalue weighted by molar-refractivity contribution is 7.13. The van der Waals surface area contributed by atoms with E-state index in [9.17, 15) is 4.79 Å². The lowest BCUT2D eigenvalue weighted by molar-refractivity contribution is 0.0995. The summed E-state index contributed by atoms with van der Waals surface area (Å²) in [6, 6.07) is 25.8. The average Bonchev–Trinajstić information content (AvgIpc) is 3.10. The third-order valence-electron chi connectivity index (χ3n) is 4.93. The molecule has 0 unspecified atom stereocenters. The van der Waals surface area contributed by atoms with E-state index in [0.717, 1.165) is 21.7 Å². The highest BCUT2D eigenvalue weighted by Crippen LogP contribution is 2.34. The number of aryl methyl sites for hydroxylation is 1. The largest absolute Gasteiger partial charge is 0.496 e. The molecule has 0 saturated carbocycles. The van der Waals surface area contributed by atoms with Crippen LogP contribution in [0.25, 0.3) is 21.7 Å². The first-order valence-electron chi connectivity index (χ1n) is 9.63. The summed E-state index contributed by atoms with van der Waals surface area (Å²) < 4.78 is 7.32. The molecule has 4 aromatic rings. The number of methoxy groups -OCH3 is 1. The highest BCUT2D eigenvalue weighted by atomic mass is 32.1. The van der Waals surface area contributed by atoms with Gasteiger partial charge in [-0.15, -0.1) is 0 Å². The van der Waals surface area contributed by atoms with Crippen LogP contribution in [0.1, 0.15) is 15.9 Å². The fourth-order valence-electron chi connectivity index (χ4n) is 3.34. The van der Waals surface area contributed by atoms with Gasteiger partial charge in [-0.05, 0) is 30.2 Å². The van der Waals surface area contributed by atoms with Gasteiger partial charge in [0, 0.05) is 7.05 Å². The van der Waals surface area contributed by atoms with Crippen molar-refractivity contribution in [1.29, 1.82) is 0 Å². The van der Waals surface area contributed by atoms with Crippen LogP contribution in [0, 0.1) is 6.92 Å². The van der Waals surface area contributed by atoms with E-state index in [1.165, 1.54) is 16.9 Å². The average molecular weight is 415 g/mol. The van der Waals surface area contributed by atoms with E-state index in [-0.39, 0.29) is 5.91 Å². The minimum absolute atomic E-state index is 0.320. The van der Waals surface area contributed by atoms with E-state index in [1.54, 1.807) is 19.2 Å². The van der Waals surface area contributed by atoms with E-state index in [4.69, 9.17) is 4.74 Å². The van der Waals surface area contributed by atoms with E-state index >= 15 is 0 Å². The predicted molar refractivity (Wildman–Crippen MR) is 122 cm³/mol. The second-order valence-electron chi connectivity index (χ2n) is 6.97. The van der Waals surface area contributed by atoms with Gasteiger partial charge in [0.15, 0.2) is 4.80 Å². The van der Waals surface area contributed by atoms with Gasteiger partial charge in [0.2, 0.25) is 0 Å². The number of carbonyl (C=O) groups is 1. The molecule has 30 heavy (non-hydrogen) atoms. The van der Waals surface area contributed by atoms with Crippen molar-refractivity contribution in [1.82, 2.24) is 4.57 Å². The molecular weight excluding hydrogens is 392 g/mol. The molecule has 1 heterocycles. The molecule has 0 aliphatic heterocycles. The first kappa shape index (κ1) is 19.9. The zero-order chi connectivity index (χ0) is 21.1. The molecule has 1 aromatic heterocycles. The topological polar surface area (TPSA) is 43.6 Å². The van der Waals surface area contributed by atoms with Crippen molar-refractivity contribution in [2.75, 3.05) is 7.11 Å². The van der Waals surface area contributed by atoms with Crippen molar-refractivity contribution in [2.24, 2.45) is 12.0 Å². The molecule has 0 saturated heterocycles. The second kappa shape index (κ2) is 8.51. The Morgan fingerprint density at radius 2 is 1.57 bits per heavy atom. The molecule has 0 bridgehead atoms. The van der Waals surface area contributed by atoms with Crippen molar-refractivity contribution < 1.29 is 9.53 Å². The standard InChI is InChI=1S/C25H22N2O2S/c1-17-13-15-18(16-14-17)22-23(19-9-5-4-6-10-19)30-25(27(22)2)26-24(28)20-11-7-8-12-21(20)29-3/h4-16H,1-3H3. The number of hydrogen-bond acceptors (Lipinski definition) is 3. The highest BCUT2D eigenvalue weighted by Gasteiger charge is 2.17. The van der Waals surface area contributed by atoms with Crippen LogP contribution in [0.3, 0.4) is 0 Å². The second-order valence-corrected chi connectivity index (χ2v) is 7.95. The van der Waals surface area contributed by atoms with Crippen molar-refractivity contribution in [3.63, 3.8) is 0 Å². The van der Waals surface area contributed by atoms with E-state index in [1.807, 2.05) is 41.9 Å². The number of para-hydroxylation sites is 1. The van der Waals surface area contributed by atoms with Gasteiger partial charge in [0.1, 0.15) is 5.75 Å². The van der Waals surface area contributed by atoms with Crippen LogP contribution in [-0.2, 0) is 7.05 Å². The van der Waals surface area contributed by atoms with Gasteiger partial charge in [-0.1, -0.05) is 83.6 Å². The molecule has 5 heteroatoms. The number of thiazole rings is 1. The lowest BCUT2D eigenvalue weighted by Crippen LogP contribution is -2.14. The number of carbonyl (C=O) groups excluding carboxylic acids is 1. The lowest BCUT2D eigenvalue weighted by Gasteiger charge is -2.08. The maximum Gasteiger partial charge on any atom is 0.283 e. The molecule has 0 fully saturated rings. The first-order valence-corrected chi connectivity index (χ1v) is 10.4. The van der Waals surface area contributed by atoms with Gasteiger partial charge in [-0.3, -0.25) is 4.79 Å². The van der Waals surface area contributed by atoms with Crippen molar-refractivity contribution in [2.45, 2.75) is 6.92 Å². The lowest BCUT2D eigenvalue weighted by atomic mass is 10.1. The van der Waals surface area contributed by atoms with Crippen molar-refractivity contribution in [3.8, 4) is 27.4 Å². The Labute approximate surface area is 179 Å². The maximum atomic E-state index is 12.9. The molecule has 0 spiro atoms. The fraction of sp³-hybridized carbons (Fsp3) is 0.120. The smallest absolute Gasteiger partial charge is 0.283 e. The third-order valence-corrected chi connectivity index (χ3v) is 6.11. The summed E-state index contributed by atoms with van der Waals surface area (Å²) in [6.45, 7) is 2.07. The molecule has 3 aromatic carbocycles. The number of rotatable bonds is 4. The zero-order valence-electron chi connectivity index (χ0n) is 17.1. The van der Waals surface area contributed by atoms with Crippen LogP contribution in [0.15, 0.2) is 83.9 Å². The van der Waals surface area contributed by atoms with Gasteiger partial charge in [-0.2, -0.15) is 4.99 Å². The maximum absolute atomic E-state index is 12.9. The third kappa shape index (κ3) is 3.84. The fourth-order valence-corrected chi connectivity index (χ4v) is 4.49. The molecule has 0 aliphatic carbocycles. The Kier molecular flexibility index (Phi) is 5.63. The normalized spacial score (nSPS) is 11.5. The number of aromatic nitrogens is 1. The summed E-state index contributed by atoms with van der Waals surface area (Å²) >= 11 is 1.51. The van der Waals surface area contributed by atoms with E-state index in [0.29, 0.717) is 16.1 Å². The number of nitrogens with zero attached hydrogens (tertiary/aromatic N) is 2. The Bertz CT molecular complexity index is 1250. The first-order chi connectivity index (χ1) is 14.6. The Balaban J connectivity index is 1.90. The molecule has 4 rings (SSSR count). The number of amides is 1. The van der Waals surface area contributed by atoms with Gasteiger partial charge >= 0.3 is 0 Å². The van der Waals surface area contributed by atoms with Gasteiger partial charge in [-0.25, -0.2) is 0 Å².